The molecule has 8 nitrogen and oxygen atoms in total. The van der Waals surface area contributed by atoms with Gasteiger partial charge >= 0.3 is 0 Å². The van der Waals surface area contributed by atoms with Crippen LogP contribution >= 0.6 is 0 Å². The molecule has 0 aliphatic carbocycles. The van der Waals surface area contributed by atoms with Crippen molar-refractivity contribution in [3.8, 4) is 0 Å². The van der Waals surface area contributed by atoms with Crippen LogP contribution in [0.3, 0.4) is 0 Å². The predicted octanol–water partition coefficient (Wildman–Crippen LogP) is 0.937. The second kappa shape index (κ2) is 4.40. The van der Waals surface area contributed by atoms with Crippen LogP contribution < -0.4 is 0 Å². The lowest BCUT2D eigenvalue weighted by Gasteiger charge is -1.88. The maximum atomic E-state index is 10.5. The molecule has 0 saturated heterocycles. The fourth-order valence-corrected chi connectivity index (χ4v) is 0.803. The molecule has 0 fully saturated rings. The van der Waals surface area contributed by atoms with E-state index in [1.165, 1.54) is 0 Å². The van der Waals surface area contributed by atoms with Gasteiger partial charge in [0.05, 0.1) is 5.75 Å². The smallest absolute Gasteiger partial charge is 0.221 e. The van der Waals surface area contributed by atoms with Crippen LogP contribution in [-0.2, 0) is 10.0 Å². The molecule has 0 atom stereocenters. The summed E-state index contributed by atoms with van der Waals surface area (Å²) in [6, 6.07) is 0. The molecule has 0 N–H and O–H groups in total. The zero-order valence-corrected chi connectivity index (χ0v) is 6.14. The van der Waals surface area contributed by atoms with Gasteiger partial charge in [0.25, 0.3) is 0 Å². The molecule has 9 heteroatoms. The molecule has 60 valence electrons. The van der Waals surface area contributed by atoms with Gasteiger partial charge in [-0.2, -0.15) is 0 Å². The first-order chi connectivity index (χ1) is 5.12. The van der Waals surface area contributed by atoms with Crippen LogP contribution in [0.15, 0.2) is 9.63 Å². The van der Waals surface area contributed by atoms with Gasteiger partial charge in [-0.1, -0.05) is 5.11 Å². The van der Waals surface area contributed by atoms with E-state index in [0.29, 0.717) is 0 Å². The molecule has 0 aromatic heterocycles. The van der Waals surface area contributed by atoms with Crippen LogP contribution in [0.5, 0.6) is 0 Å². The van der Waals surface area contributed by atoms with E-state index in [9.17, 15) is 8.42 Å². The first-order valence-corrected chi connectivity index (χ1v) is 4.03. The third-order valence-corrected chi connectivity index (χ3v) is 1.69. The molecule has 0 rings (SSSR count). The topological polar surface area (TPSA) is 132 Å². The molecule has 0 aliphatic heterocycles. The normalized spacial score (nSPS) is 9.45. The van der Waals surface area contributed by atoms with Gasteiger partial charge in [0.2, 0.25) is 10.0 Å². The van der Waals surface area contributed by atoms with E-state index >= 15 is 0 Å². The lowest BCUT2D eigenvalue weighted by molar-refractivity contribution is 0.597. The molecule has 0 radical (unpaired) electrons. The van der Waals surface area contributed by atoms with Crippen LogP contribution in [0, 0.1) is 0 Å². The highest BCUT2D eigenvalue weighted by molar-refractivity contribution is 7.90. The van der Waals surface area contributed by atoms with E-state index in [2.05, 4.69) is 19.5 Å². The van der Waals surface area contributed by atoms with Crippen molar-refractivity contribution >= 4 is 10.0 Å². The summed E-state index contributed by atoms with van der Waals surface area (Å²) in [7, 11) is -3.76. The Balaban J connectivity index is 4.15. The van der Waals surface area contributed by atoms with Crippen LogP contribution in [-0.4, -0.2) is 20.7 Å². The van der Waals surface area contributed by atoms with Gasteiger partial charge in [-0.3, -0.25) is 0 Å². The summed E-state index contributed by atoms with van der Waals surface area (Å²) >= 11 is 0. The molecule has 0 heterocycles. The van der Waals surface area contributed by atoms with Crippen molar-refractivity contribution in [2.75, 3.05) is 12.3 Å². The second-order valence-corrected chi connectivity index (χ2v) is 3.15. The van der Waals surface area contributed by atoms with Gasteiger partial charge < -0.3 is 0 Å². The monoisotopic (exact) mass is 176 g/mol. The van der Waals surface area contributed by atoms with Gasteiger partial charge in [-0.15, -0.1) is 0 Å². The number of azide groups is 2. The molecular weight excluding hydrogens is 172 g/mol. The minimum absolute atomic E-state index is 0.224. The van der Waals surface area contributed by atoms with Crippen molar-refractivity contribution in [2.45, 2.75) is 0 Å². The third-order valence-electron chi connectivity index (χ3n) is 0.673. The summed E-state index contributed by atoms with van der Waals surface area (Å²) in [5.74, 6) is -0.457. The van der Waals surface area contributed by atoms with Crippen molar-refractivity contribution in [1.29, 1.82) is 0 Å². The van der Waals surface area contributed by atoms with Gasteiger partial charge in [0, 0.05) is 20.9 Å². The van der Waals surface area contributed by atoms with Crippen molar-refractivity contribution < 1.29 is 8.42 Å². The fraction of sp³-hybridized carbons (Fsp3) is 1.00. The molecule has 11 heavy (non-hydrogen) atoms. The Kier molecular flexibility index (Phi) is 3.82. The number of sulfonamides is 1. The highest BCUT2D eigenvalue weighted by Gasteiger charge is 2.04. The lowest BCUT2D eigenvalue weighted by atomic mass is 10.8. The maximum absolute atomic E-state index is 10.5. The second-order valence-electron chi connectivity index (χ2n) is 1.41. The maximum Gasteiger partial charge on any atom is 0.235 e. The van der Waals surface area contributed by atoms with E-state index < -0.39 is 15.8 Å². The van der Waals surface area contributed by atoms with Gasteiger partial charge in [-0.05, 0) is 11.1 Å². The average Bonchev–Trinajstić information content (AvgIpc) is 1.87. The summed E-state index contributed by atoms with van der Waals surface area (Å²) in [5, 5.41) is 2.96. The highest BCUT2D eigenvalue weighted by Crippen LogP contribution is 1.91. The lowest BCUT2D eigenvalue weighted by Crippen LogP contribution is -2.03. The molecule has 0 aliphatic rings. The summed E-state index contributed by atoms with van der Waals surface area (Å²) < 4.78 is 23.5. The van der Waals surface area contributed by atoms with Gasteiger partial charge in [-0.25, -0.2) is 8.42 Å². The van der Waals surface area contributed by atoms with E-state index in [1.54, 1.807) is 0 Å². The van der Waals surface area contributed by atoms with E-state index in [-0.39, 0.29) is 6.54 Å². The Morgan fingerprint density at radius 3 is 2.36 bits per heavy atom. The van der Waals surface area contributed by atoms with Crippen molar-refractivity contribution in [2.24, 2.45) is 9.63 Å². The van der Waals surface area contributed by atoms with Crippen molar-refractivity contribution in [3.05, 3.63) is 20.9 Å². The van der Waals surface area contributed by atoms with E-state index in [0.717, 1.165) is 0 Å². The third kappa shape index (κ3) is 5.04. The Bertz CT molecular complexity index is 305. The molecule has 0 spiro atoms. The van der Waals surface area contributed by atoms with Crippen molar-refractivity contribution in [3.63, 3.8) is 0 Å². The average molecular weight is 176 g/mol. The number of hydrogen-bond donors (Lipinski definition) is 0. The van der Waals surface area contributed by atoms with Crippen molar-refractivity contribution in [1.82, 2.24) is 0 Å². The Morgan fingerprint density at radius 1 is 1.27 bits per heavy atom. The Labute approximate surface area is 62.1 Å². The van der Waals surface area contributed by atoms with Crippen LogP contribution in [0.4, 0.5) is 0 Å². The minimum atomic E-state index is -3.76. The minimum Gasteiger partial charge on any atom is -0.221 e. The molecule has 0 aromatic carbocycles. The molecule has 0 amide bonds. The van der Waals surface area contributed by atoms with Gasteiger partial charge in [0.1, 0.15) is 0 Å². The molecule has 0 bridgehead atoms. The molecular formula is C2H4N6O2S. The Hall–Kier alpha value is -1.43. The number of hydrogen-bond acceptors (Lipinski definition) is 3. The number of rotatable bonds is 4. The summed E-state index contributed by atoms with van der Waals surface area (Å²) in [4.78, 5) is 4.41. The first-order valence-electron chi connectivity index (χ1n) is 2.42. The predicted molar refractivity (Wildman–Crippen MR) is 36.9 cm³/mol. The van der Waals surface area contributed by atoms with Gasteiger partial charge in [0.15, 0.2) is 0 Å². The summed E-state index contributed by atoms with van der Waals surface area (Å²) in [6.45, 7) is -0.224. The first kappa shape index (κ1) is 9.57. The SMILES string of the molecule is [N-]=[N+]=NCCS(=O)(=O)N=[N+]=[N-]. The summed E-state index contributed by atoms with van der Waals surface area (Å²) in [6.07, 6.45) is 0. The van der Waals surface area contributed by atoms with Crippen LogP contribution in [0.25, 0.3) is 20.9 Å². The zero-order chi connectivity index (χ0) is 8.74. The quantitative estimate of drug-likeness (QED) is 0.358. The highest BCUT2D eigenvalue weighted by atomic mass is 32.2. The summed E-state index contributed by atoms with van der Waals surface area (Å²) in [5.41, 5.74) is 15.5. The van der Waals surface area contributed by atoms with Crippen LogP contribution in [0.1, 0.15) is 0 Å². The fourth-order valence-electron chi connectivity index (χ4n) is 0.297. The van der Waals surface area contributed by atoms with E-state index in [4.69, 9.17) is 11.1 Å². The van der Waals surface area contributed by atoms with Crippen LogP contribution in [0.2, 0.25) is 0 Å². The Morgan fingerprint density at radius 2 is 1.91 bits per heavy atom. The van der Waals surface area contributed by atoms with E-state index in [1.807, 2.05) is 0 Å². The molecule has 0 aromatic rings. The standard InChI is InChI=1S/C2H4N6O2S/c3-6-5-1-2-11(9,10)8-7-4/h1-2H2. The number of nitrogens with zero attached hydrogens (tertiary/aromatic N) is 6. The molecule has 0 unspecified atom stereocenters. The largest absolute Gasteiger partial charge is 0.235 e. The zero-order valence-electron chi connectivity index (χ0n) is 5.32. The molecule has 0 saturated carbocycles.